The number of hydrogen-bond acceptors (Lipinski definition) is 6. The maximum atomic E-state index is 12.4. The molecule has 2 aromatic heterocycles. The van der Waals surface area contributed by atoms with Crippen molar-refractivity contribution in [1.29, 1.82) is 0 Å². The zero-order valence-electron chi connectivity index (χ0n) is 16.6. The van der Waals surface area contributed by atoms with Gasteiger partial charge in [-0.05, 0) is 49.2 Å². The maximum Gasteiger partial charge on any atom is 0.286 e. The van der Waals surface area contributed by atoms with Gasteiger partial charge in [0.05, 0.1) is 6.26 Å². The second kappa shape index (κ2) is 9.47. The van der Waals surface area contributed by atoms with Crippen LogP contribution in [-0.4, -0.2) is 28.1 Å². The largest absolute Gasteiger partial charge is 0.469 e. The number of aromatic nitrogens is 2. The molecule has 1 atom stereocenters. The van der Waals surface area contributed by atoms with Gasteiger partial charge in [0, 0.05) is 30.1 Å². The fourth-order valence-electron chi connectivity index (χ4n) is 2.76. The molecule has 8 heteroatoms. The molecule has 0 aliphatic rings. The third-order valence-electron chi connectivity index (χ3n) is 4.11. The van der Waals surface area contributed by atoms with Gasteiger partial charge in [0.2, 0.25) is 5.01 Å². The predicted octanol–water partition coefficient (Wildman–Crippen LogP) is 3.94. The second-order valence-corrected chi connectivity index (χ2v) is 8.35. The summed E-state index contributed by atoms with van der Waals surface area (Å²) in [4.78, 5) is 24.7. The minimum Gasteiger partial charge on any atom is -0.469 e. The SMILES string of the molecule is CC(C)Cc1nnc(C(=O)Nc2ccc(C(=O)N[C@@H](C)Cc3ccco3)cc2)s1. The summed E-state index contributed by atoms with van der Waals surface area (Å²) in [5.41, 5.74) is 1.11. The van der Waals surface area contributed by atoms with Crippen LogP contribution in [0.15, 0.2) is 47.1 Å². The molecule has 1 aromatic carbocycles. The normalized spacial score (nSPS) is 12.0. The van der Waals surface area contributed by atoms with Gasteiger partial charge >= 0.3 is 0 Å². The van der Waals surface area contributed by atoms with Crippen LogP contribution in [0.2, 0.25) is 0 Å². The summed E-state index contributed by atoms with van der Waals surface area (Å²) in [7, 11) is 0. The van der Waals surface area contributed by atoms with Gasteiger partial charge in [0.15, 0.2) is 0 Å². The summed E-state index contributed by atoms with van der Waals surface area (Å²) in [5, 5.41) is 14.9. The average Bonchev–Trinajstić information content (AvgIpc) is 3.33. The molecule has 0 aliphatic carbocycles. The Morgan fingerprint density at radius 2 is 1.79 bits per heavy atom. The lowest BCUT2D eigenvalue weighted by Gasteiger charge is -2.13. The van der Waals surface area contributed by atoms with Gasteiger partial charge in [-0.25, -0.2) is 0 Å². The van der Waals surface area contributed by atoms with Crippen molar-refractivity contribution in [1.82, 2.24) is 15.5 Å². The standard InChI is InChI=1S/C21H24N4O3S/c1-13(2)11-18-24-25-21(29-18)20(27)23-16-8-6-15(7-9-16)19(26)22-14(3)12-17-5-4-10-28-17/h4-10,13-14H,11-12H2,1-3H3,(H,22,26)(H,23,27)/t14-/m0/s1. The Kier molecular flexibility index (Phi) is 6.77. The maximum absolute atomic E-state index is 12.4. The molecule has 0 radical (unpaired) electrons. The monoisotopic (exact) mass is 412 g/mol. The molecule has 3 aromatic rings. The molecule has 0 aliphatic heterocycles. The molecule has 152 valence electrons. The van der Waals surface area contributed by atoms with E-state index in [1.165, 1.54) is 11.3 Å². The van der Waals surface area contributed by atoms with E-state index in [-0.39, 0.29) is 17.9 Å². The number of rotatable bonds is 8. The van der Waals surface area contributed by atoms with Crippen LogP contribution in [0.3, 0.4) is 0 Å². The Bertz CT molecular complexity index is 949. The Morgan fingerprint density at radius 1 is 1.03 bits per heavy atom. The second-order valence-electron chi connectivity index (χ2n) is 7.29. The molecule has 0 spiro atoms. The molecule has 3 rings (SSSR count). The van der Waals surface area contributed by atoms with Gasteiger partial charge < -0.3 is 15.1 Å². The van der Waals surface area contributed by atoms with Crippen molar-refractivity contribution in [2.45, 2.75) is 39.7 Å². The van der Waals surface area contributed by atoms with Crippen LogP contribution in [0.1, 0.15) is 51.7 Å². The van der Waals surface area contributed by atoms with Crippen molar-refractivity contribution >= 4 is 28.8 Å². The quantitative estimate of drug-likeness (QED) is 0.584. The average molecular weight is 413 g/mol. The van der Waals surface area contributed by atoms with Crippen molar-refractivity contribution in [3.63, 3.8) is 0 Å². The summed E-state index contributed by atoms with van der Waals surface area (Å²) in [5.74, 6) is 0.801. The first-order valence-electron chi connectivity index (χ1n) is 9.47. The van der Waals surface area contributed by atoms with E-state index < -0.39 is 0 Å². The fourth-order valence-corrected chi connectivity index (χ4v) is 3.70. The van der Waals surface area contributed by atoms with Gasteiger partial charge in [0.25, 0.3) is 11.8 Å². The van der Waals surface area contributed by atoms with Gasteiger partial charge in [-0.15, -0.1) is 10.2 Å². The van der Waals surface area contributed by atoms with E-state index in [0.29, 0.717) is 28.6 Å². The lowest BCUT2D eigenvalue weighted by atomic mass is 10.1. The summed E-state index contributed by atoms with van der Waals surface area (Å²) >= 11 is 1.30. The van der Waals surface area contributed by atoms with Crippen LogP contribution in [0.5, 0.6) is 0 Å². The lowest BCUT2D eigenvalue weighted by Crippen LogP contribution is -2.33. The van der Waals surface area contributed by atoms with Crippen LogP contribution in [-0.2, 0) is 12.8 Å². The number of nitrogens with one attached hydrogen (secondary N) is 2. The topological polar surface area (TPSA) is 97.1 Å². The van der Waals surface area contributed by atoms with Gasteiger partial charge in [0.1, 0.15) is 10.8 Å². The van der Waals surface area contributed by atoms with E-state index in [2.05, 4.69) is 34.7 Å². The number of carbonyl (C=O) groups excluding carboxylic acids is 2. The van der Waals surface area contributed by atoms with E-state index in [0.717, 1.165) is 17.2 Å². The van der Waals surface area contributed by atoms with Crippen molar-refractivity contribution in [2.24, 2.45) is 5.92 Å². The number of carbonyl (C=O) groups is 2. The van der Waals surface area contributed by atoms with Crippen LogP contribution in [0.4, 0.5) is 5.69 Å². The minimum absolute atomic E-state index is 0.0644. The van der Waals surface area contributed by atoms with Crippen LogP contribution >= 0.6 is 11.3 Å². The molecular weight excluding hydrogens is 388 g/mol. The number of furan rings is 1. The van der Waals surface area contributed by atoms with Crippen molar-refractivity contribution in [3.05, 3.63) is 64.0 Å². The predicted molar refractivity (Wildman–Crippen MR) is 112 cm³/mol. The van der Waals surface area contributed by atoms with E-state index in [1.807, 2.05) is 19.1 Å². The van der Waals surface area contributed by atoms with Gasteiger partial charge in [-0.1, -0.05) is 25.2 Å². The van der Waals surface area contributed by atoms with E-state index in [1.54, 1.807) is 30.5 Å². The number of hydrogen-bond donors (Lipinski definition) is 2. The fraction of sp³-hybridized carbons (Fsp3) is 0.333. The van der Waals surface area contributed by atoms with E-state index in [4.69, 9.17) is 4.42 Å². The van der Waals surface area contributed by atoms with Crippen LogP contribution < -0.4 is 10.6 Å². The number of anilines is 1. The first-order chi connectivity index (χ1) is 13.9. The highest BCUT2D eigenvalue weighted by Gasteiger charge is 2.15. The van der Waals surface area contributed by atoms with Gasteiger partial charge in [-0.3, -0.25) is 9.59 Å². The molecule has 0 saturated heterocycles. The summed E-state index contributed by atoms with van der Waals surface area (Å²) in [6.07, 6.45) is 3.03. The number of benzene rings is 1. The van der Waals surface area contributed by atoms with Crippen molar-refractivity contribution < 1.29 is 14.0 Å². The Labute approximate surface area is 173 Å². The Balaban J connectivity index is 1.54. The summed E-state index contributed by atoms with van der Waals surface area (Å²) in [6.45, 7) is 6.11. The zero-order chi connectivity index (χ0) is 20.8. The molecule has 2 N–H and O–H groups in total. The highest BCUT2D eigenvalue weighted by Crippen LogP contribution is 2.17. The molecule has 2 amide bonds. The summed E-state index contributed by atoms with van der Waals surface area (Å²) < 4.78 is 5.30. The molecule has 2 heterocycles. The highest BCUT2D eigenvalue weighted by molar-refractivity contribution is 7.13. The zero-order valence-corrected chi connectivity index (χ0v) is 17.5. The van der Waals surface area contributed by atoms with E-state index >= 15 is 0 Å². The first kappa shape index (κ1) is 20.7. The molecular formula is C21H24N4O3S. The molecule has 7 nitrogen and oxygen atoms in total. The molecule has 0 fully saturated rings. The third kappa shape index (κ3) is 5.99. The molecule has 0 bridgehead atoms. The van der Waals surface area contributed by atoms with Crippen LogP contribution in [0.25, 0.3) is 0 Å². The molecule has 0 unspecified atom stereocenters. The van der Waals surface area contributed by atoms with Crippen molar-refractivity contribution in [2.75, 3.05) is 5.32 Å². The number of nitrogens with zero attached hydrogens (tertiary/aromatic N) is 2. The smallest absolute Gasteiger partial charge is 0.286 e. The molecule has 0 saturated carbocycles. The molecule has 29 heavy (non-hydrogen) atoms. The Hall–Kier alpha value is -3.00. The van der Waals surface area contributed by atoms with Gasteiger partial charge in [-0.2, -0.15) is 0 Å². The summed E-state index contributed by atoms with van der Waals surface area (Å²) in [6, 6.07) is 10.4. The first-order valence-corrected chi connectivity index (χ1v) is 10.3. The van der Waals surface area contributed by atoms with Crippen LogP contribution in [0, 0.1) is 5.92 Å². The van der Waals surface area contributed by atoms with E-state index in [9.17, 15) is 9.59 Å². The Morgan fingerprint density at radius 3 is 2.45 bits per heavy atom. The highest BCUT2D eigenvalue weighted by atomic mass is 32.1. The minimum atomic E-state index is -0.304. The third-order valence-corrected chi connectivity index (χ3v) is 5.06. The van der Waals surface area contributed by atoms with Crippen molar-refractivity contribution in [3.8, 4) is 0 Å². The lowest BCUT2D eigenvalue weighted by molar-refractivity contribution is 0.0938. The number of amides is 2.